The van der Waals surface area contributed by atoms with Crippen LogP contribution in [0.15, 0.2) is 0 Å². The van der Waals surface area contributed by atoms with Gasteiger partial charge in [0.15, 0.2) is 0 Å². The Morgan fingerprint density at radius 3 is 1.61 bits per heavy atom. The molecule has 1 N–H and O–H groups in total. The molecule has 1 atom stereocenters. The van der Waals surface area contributed by atoms with Gasteiger partial charge in [-0.05, 0) is 17.9 Å². The van der Waals surface area contributed by atoms with Crippen molar-refractivity contribution in [2.24, 2.45) is 5.92 Å². The molecule has 0 aromatic rings. The summed E-state index contributed by atoms with van der Waals surface area (Å²) in [5, 5.41) is 10.2. The monoisotopic (exact) mass is 284 g/mol. The fraction of sp³-hybridized carbons (Fsp3) is 0.867. The number of rotatable bonds is 3. The van der Waals surface area contributed by atoms with E-state index in [0.717, 1.165) is 0 Å². The van der Waals surface area contributed by atoms with Crippen LogP contribution in [0.1, 0.15) is 34.6 Å². The fourth-order valence-electron chi connectivity index (χ4n) is 1.81. The van der Waals surface area contributed by atoms with Crippen molar-refractivity contribution >= 4 is 16.1 Å². The third-order valence-electron chi connectivity index (χ3n) is 4.95. The van der Waals surface area contributed by atoms with Crippen LogP contribution in [0.3, 0.4) is 0 Å². The van der Waals surface area contributed by atoms with E-state index in [1.54, 1.807) is 0 Å². The molecule has 0 aromatic heterocycles. The number of hydrogen-bond acceptors (Lipinski definition) is 1. The van der Waals surface area contributed by atoms with E-state index in [0.29, 0.717) is 5.92 Å². The highest BCUT2D eigenvalue weighted by Gasteiger charge is 2.52. The van der Waals surface area contributed by atoms with E-state index in [4.69, 9.17) is 0 Å². The van der Waals surface area contributed by atoms with E-state index in [9.17, 15) is 5.11 Å². The summed E-state index contributed by atoms with van der Waals surface area (Å²) < 4.78 is 0. The predicted molar refractivity (Wildman–Crippen MR) is 88.1 cm³/mol. The zero-order chi connectivity index (χ0) is 15.0. The Bertz CT molecular complexity index is 349. The van der Waals surface area contributed by atoms with Crippen molar-refractivity contribution in [2.75, 3.05) is 0 Å². The summed E-state index contributed by atoms with van der Waals surface area (Å²) in [6.07, 6.45) is 0. The summed E-state index contributed by atoms with van der Waals surface area (Å²) in [6.45, 7) is 22.2. The van der Waals surface area contributed by atoms with Gasteiger partial charge in [-0.3, -0.25) is 0 Å². The average Bonchev–Trinajstić information content (AvgIpc) is 2.13. The molecule has 3 heteroatoms. The number of hydrogen-bond donors (Lipinski definition) is 1. The van der Waals surface area contributed by atoms with Gasteiger partial charge in [0.2, 0.25) is 0 Å². The van der Waals surface area contributed by atoms with Crippen molar-refractivity contribution < 1.29 is 5.11 Å². The molecule has 0 amide bonds. The second kappa shape index (κ2) is 5.15. The third kappa shape index (κ3) is 3.72. The van der Waals surface area contributed by atoms with Gasteiger partial charge < -0.3 is 5.11 Å². The highest BCUT2D eigenvalue weighted by atomic mass is 28.3. The standard InChI is InChI=1S/C15H32OSi2/c1-13(2)14(3,4)18(9,10)15(5,16)11-12-17(6,7)8/h13,16H,1-10H3. The molecular formula is C15H32OSi2. The minimum atomic E-state index is -1.92. The van der Waals surface area contributed by atoms with E-state index < -0.39 is 21.4 Å². The quantitative estimate of drug-likeness (QED) is 0.605. The highest BCUT2D eigenvalue weighted by molar-refractivity contribution is 6.85. The molecule has 106 valence electrons. The van der Waals surface area contributed by atoms with Gasteiger partial charge in [-0.25, -0.2) is 0 Å². The second-order valence-corrected chi connectivity index (χ2v) is 18.3. The molecule has 0 spiro atoms. The maximum Gasteiger partial charge on any atom is 0.129 e. The number of aliphatic hydroxyl groups is 1. The molecule has 0 saturated carbocycles. The fourth-order valence-corrected chi connectivity index (χ4v) is 5.63. The van der Waals surface area contributed by atoms with Gasteiger partial charge in [-0.1, -0.05) is 66.4 Å². The van der Waals surface area contributed by atoms with Crippen LogP contribution in [0.25, 0.3) is 0 Å². The van der Waals surface area contributed by atoms with Crippen molar-refractivity contribution in [3.05, 3.63) is 0 Å². The Morgan fingerprint density at radius 1 is 0.944 bits per heavy atom. The van der Waals surface area contributed by atoms with Crippen LogP contribution in [0.2, 0.25) is 37.8 Å². The SMILES string of the molecule is CC(C)C(C)(C)[Si](C)(C)C(C)(O)C#C[Si](C)(C)C. The molecular weight excluding hydrogens is 252 g/mol. The summed E-state index contributed by atoms with van der Waals surface area (Å²) >= 11 is 0. The summed E-state index contributed by atoms with van der Waals surface area (Å²) in [5.74, 6) is 3.78. The molecule has 0 aliphatic heterocycles. The first-order valence-corrected chi connectivity index (χ1v) is 13.4. The van der Waals surface area contributed by atoms with Crippen molar-refractivity contribution in [1.29, 1.82) is 0 Å². The van der Waals surface area contributed by atoms with Crippen LogP contribution in [0.4, 0.5) is 0 Å². The van der Waals surface area contributed by atoms with E-state index in [1.165, 1.54) is 0 Å². The highest BCUT2D eigenvalue weighted by Crippen LogP contribution is 2.48. The average molecular weight is 285 g/mol. The van der Waals surface area contributed by atoms with Crippen LogP contribution in [-0.2, 0) is 0 Å². The Hall–Kier alpha value is -0.0462. The van der Waals surface area contributed by atoms with Gasteiger partial charge >= 0.3 is 0 Å². The van der Waals surface area contributed by atoms with Gasteiger partial charge in [-0.15, -0.1) is 5.54 Å². The van der Waals surface area contributed by atoms with Gasteiger partial charge in [0.25, 0.3) is 0 Å². The van der Waals surface area contributed by atoms with Gasteiger partial charge in [0.1, 0.15) is 21.4 Å². The Kier molecular flexibility index (Phi) is 5.13. The largest absolute Gasteiger partial charge is 0.381 e. The van der Waals surface area contributed by atoms with Crippen molar-refractivity contribution in [3.8, 4) is 11.5 Å². The molecule has 18 heavy (non-hydrogen) atoms. The smallest absolute Gasteiger partial charge is 0.129 e. The summed E-state index contributed by atoms with van der Waals surface area (Å²) in [5.41, 5.74) is 3.35. The lowest BCUT2D eigenvalue weighted by molar-refractivity contribution is 0.186. The van der Waals surface area contributed by atoms with E-state index in [2.05, 4.69) is 71.9 Å². The molecule has 0 aromatic carbocycles. The van der Waals surface area contributed by atoms with Gasteiger partial charge in [0, 0.05) is 0 Å². The molecule has 0 radical (unpaired) electrons. The molecule has 1 nitrogen and oxygen atoms in total. The van der Waals surface area contributed by atoms with Crippen LogP contribution >= 0.6 is 0 Å². The Labute approximate surface area is 116 Å². The topological polar surface area (TPSA) is 20.2 Å². The van der Waals surface area contributed by atoms with Gasteiger partial charge in [-0.2, -0.15) is 0 Å². The van der Waals surface area contributed by atoms with Crippen molar-refractivity contribution in [2.45, 2.75) is 77.6 Å². The molecule has 0 fully saturated rings. The maximum absolute atomic E-state index is 10.9. The molecule has 0 aliphatic rings. The molecule has 0 saturated heterocycles. The van der Waals surface area contributed by atoms with E-state index in [1.807, 2.05) is 6.92 Å². The van der Waals surface area contributed by atoms with Gasteiger partial charge in [0.05, 0.1) is 0 Å². The first-order valence-electron chi connectivity index (χ1n) is 6.92. The summed E-state index contributed by atoms with van der Waals surface area (Å²) in [6, 6.07) is 0. The third-order valence-corrected chi connectivity index (χ3v) is 12.2. The molecule has 0 bridgehead atoms. The summed E-state index contributed by atoms with van der Waals surface area (Å²) in [4.78, 5) is 0. The molecule has 0 aliphatic carbocycles. The van der Waals surface area contributed by atoms with Crippen LogP contribution < -0.4 is 0 Å². The normalized spacial score (nSPS) is 17.1. The lowest BCUT2D eigenvalue weighted by Crippen LogP contribution is -2.59. The zero-order valence-corrected chi connectivity index (χ0v) is 16.0. The zero-order valence-electron chi connectivity index (χ0n) is 14.0. The molecule has 0 heterocycles. The lowest BCUT2D eigenvalue weighted by Gasteiger charge is -2.49. The van der Waals surface area contributed by atoms with Crippen LogP contribution in [0.5, 0.6) is 0 Å². The van der Waals surface area contributed by atoms with E-state index in [-0.39, 0.29) is 5.04 Å². The minimum absolute atomic E-state index is 0.157. The molecule has 1 unspecified atom stereocenters. The first-order chi connectivity index (χ1) is 7.65. The Morgan fingerprint density at radius 2 is 1.33 bits per heavy atom. The summed E-state index contributed by atoms with van der Waals surface area (Å²) in [7, 11) is -3.35. The second-order valence-electron chi connectivity index (χ2n) is 8.07. The first kappa shape index (κ1) is 18.0. The van der Waals surface area contributed by atoms with Crippen LogP contribution in [-0.4, -0.2) is 26.5 Å². The lowest BCUT2D eigenvalue weighted by atomic mass is 9.99. The predicted octanol–water partition coefficient (Wildman–Crippen LogP) is 4.30. The molecule has 0 rings (SSSR count). The van der Waals surface area contributed by atoms with Crippen LogP contribution in [0, 0.1) is 17.4 Å². The van der Waals surface area contributed by atoms with Crippen molar-refractivity contribution in [1.82, 2.24) is 0 Å². The van der Waals surface area contributed by atoms with Crippen molar-refractivity contribution in [3.63, 3.8) is 0 Å². The maximum atomic E-state index is 10.9. The minimum Gasteiger partial charge on any atom is -0.381 e. The Balaban J connectivity index is 5.51. The van der Waals surface area contributed by atoms with E-state index >= 15 is 0 Å².